The molecule has 0 bridgehead atoms. The van der Waals surface area contributed by atoms with Crippen molar-refractivity contribution in [3.63, 3.8) is 0 Å². The second kappa shape index (κ2) is 13.2. The molecule has 3 nitrogen and oxygen atoms in total. The number of benzene rings is 3. The molecule has 8 heteroatoms. The summed E-state index contributed by atoms with van der Waals surface area (Å²) >= 11 is 7.09. The van der Waals surface area contributed by atoms with E-state index in [2.05, 4.69) is 90.2 Å². The van der Waals surface area contributed by atoms with Crippen LogP contribution < -0.4 is 4.90 Å². The molecule has 1 saturated heterocycles. The van der Waals surface area contributed by atoms with Crippen LogP contribution in [0, 0.1) is 5.92 Å². The number of piperidine rings is 1. The number of nitrogens with zero attached hydrogens (tertiary/aromatic N) is 3. The molecule has 0 spiro atoms. The second-order valence-corrected chi connectivity index (χ2v) is 12.6. The third-order valence-electron chi connectivity index (χ3n) is 7.67. The highest BCUT2D eigenvalue weighted by atomic mass is 79.9. The lowest BCUT2D eigenvalue weighted by atomic mass is 9.76. The highest BCUT2D eigenvalue weighted by Crippen LogP contribution is 2.40. The first-order valence-electron chi connectivity index (χ1n) is 13.3. The summed E-state index contributed by atoms with van der Waals surface area (Å²) in [5.74, 6) is 0.655. The van der Waals surface area contributed by atoms with Crippen LogP contribution in [-0.2, 0) is 12.7 Å². The Morgan fingerprint density at radius 1 is 0.821 bits per heavy atom. The molecule has 0 unspecified atom stereocenters. The molecule has 0 aliphatic carbocycles. The van der Waals surface area contributed by atoms with Crippen molar-refractivity contribution in [3.8, 4) is 0 Å². The van der Waals surface area contributed by atoms with Gasteiger partial charge >= 0.3 is 6.18 Å². The Morgan fingerprint density at radius 2 is 1.36 bits per heavy atom. The highest BCUT2D eigenvalue weighted by molar-refractivity contribution is 9.10. The standard InChI is InChI=1S/C31H36Br2F3N3/c1-37(2)18-19-38(3)28-12-13-29(31(34,35)36)25(20-28)21-39-16-14-24(15-17-39)30(22-4-8-26(32)9-5-22)23-6-10-27(33)11-7-23/h4-13,20,24,30H,14-19,21H2,1-3H3. The first kappa shape index (κ1) is 30.1. The van der Waals surface area contributed by atoms with Gasteiger partial charge in [0.1, 0.15) is 0 Å². The minimum absolute atomic E-state index is 0.243. The van der Waals surface area contributed by atoms with E-state index in [0.717, 1.165) is 53.7 Å². The van der Waals surface area contributed by atoms with Gasteiger partial charge in [0.15, 0.2) is 0 Å². The van der Waals surface area contributed by atoms with E-state index in [0.29, 0.717) is 18.0 Å². The van der Waals surface area contributed by atoms with E-state index in [9.17, 15) is 13.2 Å². The van der Waals surface area contributed by atoms with Crippen molar-refractivity contribution in [1.29, 1.82) is 0 Å². The summed E-state index contributed by atoms with van der Waals surface area (Å²) in [7, 11) is 5.92. The molecule has 1 fully saturated rings. The van der Waals surface area contributed by atoms with Crippen LogP contribution >= 0.6 is 31.9 Å². The fourth-order valence-corrected chi connectivity index (χ4v) is 5.99. The van der Waals surface area contributed by atoms with Crippen LogP contribution in [0.1, 0.15) is 41.0 Å². The molecule has 3 aromatic rings. The molecule has 3 aromatic carbocycles. The number of alkyl halides is 3. The average molecular weight is 667 g/mol. The van der Waals surface area contributed by atoms with Crippen LogP contribution in [0.3, 0.4) is 0 Å². The van der Waals surface area contributed by atoms with Gasteiger partial charge in [0, 0.05) is 47.2 Å². The molecule has 1 aliphatic heterocycles. The highest BCUT2D eigenvalue weighted by Gasteiger charge is 2.35. The lowest BCUT2D eigenvalue weighted by Crippen LogP contribution is -2.36. The molecule has 0 N–H and O–H groups in total. The Kier molecular flexibility index (Phi) is 10.2. The van der Waals surface area contributed by atoms with Crippen molar-refractivity contribution < 1.29 is 13.2 Å². The molecular formula is C31H36Br2F3N3. The number of rotatable bonds is 9. The van der Waals surface area contributed by atoms with Crippen LogP contribution in [-0.4, -0.2) is 57.1 Å². The predicted molar refractivity (Wildman–Crippen MR) is 161 cm³/mol. The molecule has 0 amide bonds. The largest absolute Gasteiger partial charge is 0.416 e. The van der Waals surface area contributed by atoms with Gasteiger partial charge in [-0.15, -0.1) is 0 Å². The minimum Gasteiger partial charge on any atom is -0.373 e. The Labute approximate surface area is 247 Å². The van der Waals surface area contributed by atoms with E-state index < -0.39 is 11.7 Å². The van der Waals surface area contributed by atoms with E-state index >= 15 is 0 Å². The van der Waals surface area contributed by atoms with Crippen molar-refractivity contribution in [1.82, 2.24) is 9.80 Å². The summed E-state index contributed by atoms with van der Waals surface area (Å²) in [5.41, 5.74) is 3.18. The first-order chi connectivity index (χ1) is 18.5. The number of likely N-dealkylation sites (N-methyl/N-ethyl adjacent to an activating group) is 2. The van der Waals surface area contributed by atoms with Crippen LogP contribution in [0.5, 0.6) is 0 Å². The Morgan fingerprint density at radius 3 is 1.85 bits per heavy atom. The van der Waals surface area contributed by atoms with Crippen molar-refractivity contribution in [2.45, 2.75) is 31.5 Å². The lowest BCUT2D eigenvalue weighted by molar-refractivity contribution is -0.138. The number of likely N-dealkylation sites (tertiary alicyclic amines) is 1. The molecule has 1 heterocycles. The maximum atomic E-state index is 13.9. The van der Waals surface area contributed by atoms with Crippen molar-refractivity contribution >= 4 is 37.5 Å². The van der Waals surface area contributed by atoms with Gasteiger partial charge in [-0.1, -0.05) is 56.1 Å². The maximum absolute atomic E-state index is 13.9. The summed E-state index contributed by atoms with van der Waals surface area (Å²) in [6.07, 6.45) is -2.51. The zero-order valence-corrected chi connectivity index (χ0v) is 25.9. The third-order valence-corrected chi connectivity index (χ3v) is 8.73. The van der Waals surface area contributed by atoms with Gasteiger partial charge in [-0.2, -0.15) is 13.2 Å². The minimum atomic E-state index is -4.37. The summed E-state index contributed by atoms with van der Waals surface area (Å²) in [6, 6.07) is 21.6. The van der Waals surface area contributed by atoms with Crippen molar-refractivity contribution in [2.24, 2.45) is 5.92 Å². The molecule has 39 heavy (non-hydrogen) atoms. The molecule has 0 saturated carbocycles. The predicted octanol–water partition coefficient (Wildman–Crippen LogP) is 8.27. The molecule has 210 valence electrons. The summed E-state index contributed by atoms with van der Waals surface area (Å²) in [5, 5.41) is 0. The number of anilines is 1. The van der Waals surface area contributed by atoms with Gasteiger partial charge in [0.2, 0.25) is 0 Å². The summed E-state index contributed by atoms with van der Waals surface area (Å²) < 4.78 is 43.9. The third kappa shape index (κ3) is 8.09. The van der Waals surface area contributed by atoms with Crippen LogP contribution in [0.25, 0.3) is 0 Å². The lowest BCUT2D eigenvalue weighted by Gasteiger charge is -2.37. The molecule has 4 rings (SSSR count). The normalized spacial score (nSPS) is 15.3. The van der Waals surface area contributed by atoms with Gasteiger partial charge in [-0.25, -0.2) is 0 Å². The molecular weight excluding hydrogens is 631 g/mol. The van der Waals surface area contributed by atoms with Crippen LogP contribution in [0.4, 0.5) is 18.9 Å². The smallest absolute Gasteiger partial charge is 0.373 e. The SMILES string of the molecule is CN(C)CCN(C)c1ccc(C(F)(F)F)c(CN2CCC(C(c3ccc(Br)cc3)c3ccc(Br)cc3)CC2)c1. The zero-order valence-electron chi connectivity index (χ0n) is 22.7. The Balaban J connectivity index is 1.51. The number of hydrogen-bond donors (Lipinski definition) is 0. The Hall–Kier alpha value is -1.87. The number of halogens is 5. The Bertz CT molecular complexity index is 1160. The molecule has 0 radical (unpaired) electrons. The average Bonchev–Trinajstić information content (AvgIpc) is 2.90. The van der Waals surface area contributed by atoms with Gasteiger partial charge in [0.25, 0.3) is 0 Å². The zero-order chi connectivity index (χ0) is 28.2. The first-order valence-corrected chi connectivity index (χ1v) is 14.9. The fourth-order valence-electron chi connectivity index (χ4n) is 5.47. The quantitative estimate of drug-likeness (QED) is 0.228. The molecule has 0 atom stereocenters. The summed E-state index contributed by atoms with van der Waals surface area (Å²) in [4.78, 5) is 6.28. The fraction of sp³-hybridized carbons (Fsp3) is 0.419. The van der Waals surface area contributed by atoms with E-state index in [1.165, 1.54) is 17.2 Å². The van der Waals surface area contributed by atoms with Crippen molar-refractivity contribution in [2.75, 3.05) is 52.2 Å². The van der Waals surface area contributed by atoms with Crippen LogP contribution in [0.2, 0.25) is 0 Å². The van der Waals surface area contributed by atoms with E-state index in [4.69, 9.17) is 0 Å². The van der Waals surface area contributed by atoms with Crippen LogP contribution in [0.15, 0.2) is 75.7 Å². The van der Waals surface area contributed by atoms with Gasteiger partial charge in [-0.05, 0) is 105 Å². The van der Waals surface area contributed by atoms with E-state index in [-0.39, 0.29) is 5.92 Å². The van der Waals surface area contributed by atoms with Crippen molar-refractivity contribution in [3.05, 3.63) is 97.9 Å². The van der Waals surface area contributed by atoms with E-state index in [1.54, 1.807) is 12.1 Å². The molecule has 0 aromatic heterocycles. The van der Waals surface area contributed by atoms with E-state index in [1.807, 2.05) is 26.0 Å². The second-order valence-electron chi connectivity index (χ2n) is 10.8. The molecule has 1 aliphatic rings. The maximum Gasteiger partial charge on any atom is 0.416 e. The topological polar surface area (TPSA) is 9.72 Å². The van der Waals surface area contributed by atoms with Gasteiger partial charge < -0.3 is 9.80 Å². The number of hydrogen-bond acceptors (Lipinski definition) is 3. The summed E-state index contributed by atoms with van der Waals surface area (Å²) in [6.45, 7) is 3.42. The van der Waals surface area contributed by atoms with Gasteiger partial charge in [0.05, 0.1) is 5.56 Å². The van der Waals surface area contributed by atoms with Gasteiger partial charge in [-0.3, -0.25) is 4.90 Å². The monoisotopic (exact) mass is 665 g/mol.